The Morgan fingerprint density at radius 3 is 2.64 bits per heavy atom. The lowest BCUT2D eigenvalue weighted by atomic mass is 9.78. The van der Waals surface area contributed by atoms with Crippen molar-refractivity contribution in [1.82, 2.24) is 5.32 Å². The molecule has 2 unspecified atom stereocenters. The lowest BCUT2D eigenvalue weighted by molar-refractivity contribution is 0.318. The lowest BCUT2D eigenvalue weighted by Crippen LogP contribution is -2.49. The highest BCUT2D eigenvalue weighted by Gasteiger charge is 2.44. The molecule has 0 saturated carbocycles. The first-order chi connectivity index (χ1) is 13.7. The Kier molecular flexibility index (Phi) is 4.70. The van der Waals surface area contributed by atoms with Crippen molar-refractivity contribution in [2.45, 2.75) is 50.6 Å². The van der Waals surface area contributed by atoms with Crippen molar-refractivity contribution < 1.29 is 0 Å². The second-order valence-electron chi connectivity index (χ2n) is 8.50. The maximum Gasteiger partial charge on any atom is 0.0262 e. The third-order valence-electron chi connectivity index (χ3n) is 6.54. The van der Waals surface area contributed by atoms with Gasteiger partial charge < -0.3 is 5.32 Å². The summed E-state index contributed by atoms with van der Waals surface area (Å²) in [5.74, 6) is 0. The van der Waals surface area contributed by atoms with Gasteiger partial charge >= 0.3 is 0 Å². The average Bonchev–Trinajstić information content (AvgIpc) is 3.33. The summed E-state index contributed by atoms with van der Waals surface area (Å²) < 4.78 is 0. The van der Waals surface area contributed by atoms with Gasteiger partial charge in [0.1, 0.15) is 0 Å². The van der Waals surface area contributed by atoms with Crippen LogP contribution in [-0.2, 0) is 6.42 Å². The molecule has 2 atom stereocenters. The van der Waals surface area contributed by atoms with E-state index in [4.69, 9.17) is 0 Å². The number of thiophene rings is 1. The van der Waals surface area contributed by atoms with Crippen LogP contribution in [0.3, 0.4) is 0 Å². The Bertz CT molecular complexity index is 986. The summed E-state index contributed by atoms with van der Waals surface area (Å²) in [5.41, 5.74) is 8.99. The van der Waals surface area contributed by atoms with Gasteiger partial charge in [-0.15, -0.1) is 0 Å². The molecule has 1 aromatic heterocycles. The number of fused-ring (bicyclic) bond motifs is 2. The normalized spacial score (nSPS) is 25.7. The van der Waals surface area contributed by atoms with E-state index in [1.54, 1.807) is 16.9 Å². The summed E-state index contributed by atoms with van der Waals surface area (Å²) in [5, 5.41) is 8.55. The predicted octanol–water partition coefficient (Wildman–Crippen LogP) is 6.39. The highest BCUT2D eigenvalue weighted by molar-refractivity contribution is 7.08. The van der Waals surface area contributed by atoms with Crippen LogP contribution in [0.1, 0.15) is 47.9 Å². The summed E-state index contributed by atoms with van der Waals surface area (Å²) in [6.45, 7) is 2.25. The zero-order chi connectivity index (χ0) is 19.0. The van der Waals surface area contributed by atoms with Crippen molar-refractivity contribution >= 4 is 16.9 Å². The van der Waals surface area contributed by atoms with Crippen molar-refractivity contribution in [3.05, 3.63) is 99.3 Å². The summed E-state index contributed by atoms with van der Waals surface area (Å²) in [7, 11) is 0. The molecule has 5 rings (SSSR count). The maximum atomic E-state index is 4.03. The van der Waals surface area contributed by atoms with Crippen LogP contribution in [0.5, 0.6) is 0 Å². The van der Waals surface area contributed by atoms with E-state index in [1.807, 2.05) is 0 Å². The molecule has 2 bridgehead atoms. The van der Waals surface area contributed by atoms with Gasteiger partial charge in [-0.25, -0.2) is 0 Å². The number of hydrogen-bond acceptors (Lipinski definition) is 2. The quantitative estimate of drug-likeness (QED) is 0.549. The van der Waals surface area contributed by atoms with Crippen molar-refractivity contribution in [3.63, 3.8) is 0 Å². The molecule has 0 aliphatic carbocycles. The highest BCUT2D eigenvalue weighted by Crippen LogP contribution is 2.45. The number of piperidine rings is 1. The second kappa shape index (κ2) is 7.35. The minimum Gasteiger partial charge on any atom is -0.308 e. The van der Waals surface area contributed by atoms with E-state index in [-0.39, 0.29) is 5.54 Å². The first-order valence-corrected chi connectivity index (χ1v) is 11.3. The first-order valence-electron chi connectivity index (χ1n) is 10.3. The SMILES string of the molecule is Cc1ccccc1CC12CCC(CC(=C(c3ccccc3)c3ccsc3)C1)N2. The zero-order valence-electron chi connectivity index (χ0n) is 16.4. The molecule has 1 nitrogen and oxygen atoms in total. The van der Waals surface area contributed by atoms with Crippen LogP contribution in [0.4, 0.5) is 0 Å². The van der Waals surface area contributed by atoms with Crippen LogP contribution in [0.2, 0.25) is 0 Å². The Morgan fingerprint density at radius 2 is 1.86 bits per heavy atom. The smallest absolute Gasteiger partial charge is 0.0262 e. The molecule has 2 heteroatoms. The van der Waals surface area contributed by atoms with Crippen LogP contribution >= 0.6 is 11.3 Å². The Balaban J connectivity index is 1.57. The fourth-order valence-electron chi connectivity index (χ4n) is 5.25. The van der Waals surface area contributed by atoms with Crippen molar-refractivity contribution in [1.29, 1.82) is 0 Å². The van der Waals surface area contributed by atoms with E-state index in [9.17, 15) is 0 Å². The topological polar surface area (TPSA) is 12.0 Å². The van der Waals surface area contributed by atoms with Crippen molar-refractivity contribution in [2.75, 3.05) is 0 Å². The summed E-state index contributed by atoms with van der Waals surface area (Å²) in [6.07, 6.45) is 6.03. The van der Waals surface area contributed by atoms with Gasteiger partial charge in [0.2, 0.25) is 0 Å². The molecule has 1 N–H and O–H groups in total. The number of nitrogens with one attached hydrogen (secondary N) is 1. The van der Waals surface area contributed by atoms with Crippen LogP contribution in [0.25, 0.3) is 5.57 Å². The Labute approximate surface area is 172 Å². The molecule has 3 heterocycles. The first kappa shape index (κ1) is 17.9. The van der Waals surface area contributed by atoms with Crippen molar-refractivity contribution in [2.24, 2.45) is 0 Å². The van der Waals surface area contributed by atoms with Gasteiger partial charge in [0.15, 0.2) is 0 Å². The standard InChI is InChI=1S/C26H27NS/c1-19-7-5-6-10-21(19)16-26-13-11-24(27-26)15-23(17-26)25(22-12-14-28-18-22)20-8-3-2-4-9-20/h2-10,12,14,18,24,27H,11,13,15-17H2,1H3. The largest absolute Gasteiger partial charge is 0.308 e. The zero-order valence-corrected chi connectivity index (χ0v) is 17.3. The monoisotopic (exact) mass is 385 g/mol. The van der Waals surface area contributed by atoms with Gasteiger partial charge in [-0.05, 0) is 83.7 Å². The number of aryl methyl sites for hydroxylation is 1. The minimum absolute atomic E-state index is 0.209. The fraction of sp³-hybridized carbons (Fsp3) is 0.308. The fourth-order valence-corrected chi connectivity index (χ4v) is 5.90. The highest BCUT2D eigenvalue weighted by atomic mass is 32.1. The van der Waals surface area contributed by atoms with Crippen molar-refractivity contribution in [3.8, 4) is 0 Å². The molecule has 28 heavy (non-hydrogen) atoms. The molecule has 2 aromatic carbocycles. The molecular formula is C26H27NS. The summed E-state index contributed by atoms with van der Waals surface area (Å²) >= 11 is 1.80. The number of benzene rings is 2. The lowest BCUT2D eigenvalue weighted by Gasteiger charge is -2.38. The molecule has 2 aliphatic rings. The third-order valence-corrected chi connectivity index (χ3v) is 7.23. The van der Waals surface area contributed by atoms with Crippen LogP contribution in [0, 0.1) is 6.92 Å². The van der Waals surface area contributed by atoms with Gasteiger partial charge in [0.25, 0.3) is 0 Å². The van der Waals surface area contributed by atoms with Gasteiger partial charge in [0.05, 0.1) is 0 Å². The molecule has 3 aromatic rings. The van der Waals surface area contributed by atoms with Crippen LogP contribution in [0.15, 0.2) is 77.0 Å². The maximum absolute atomic E-state index is 4.03. The minimum atomic E-state index is 0.209. The van der Waals surface area contributed by atoms with Crippen LogP contribution in [-0.4, -0.2) is 11.6 Å². The van der Waals surface area contributed by atoms with E-state index in [0.717, 1.165) is 12.8 Å². The molecule has 2 fully saturated rings. The molecule has 0 radical (unpaired) electrons. The molecule has 142 valence electrons. The predicted molar refractivity (Wildman–Crippen MR) is 120 cm³/mol. The van der Waals surface area contributed by atoms with Gasteiger partial charge in [-0.1, -0.05) is 60.2 Å². The Morgan fingerprint density at radius 1 is 1.04 bits per heavy atom. The van der Waals surface area contributed by atoms with E-state index in [1.165, 1.54) is 47.1 Å². The molecule has 2 aliphatic heterocycles. The van der Waals surface area contributed by atoms with E-state index < -0.39 is 0 Å². The summed E-state index contributed by atoms with van der Waals surface area (Å²) in [6, 6.07) is 22.8. The van der Waals surface area contributed by atoms with Gasteiger partial charge in [-0.3, -0.25) is 0 Å². The number of hydrogen-bond donors (Lipinski definition) is 1. The van der Waals surface area contributed by atoms with Gasteiger partial charge in [-0.2, -0.15) is 11.3 Å². The van der Waals surface area contributed by atoms with Gasteiger partial charge in [0, 0.05) is 11.6 Å². The van der Waals surface area contributed by atoms with E-state index in [2.05, 4.69) is 83.7 Å². The van der Waals surface area contributed by atoms with E-state index >= 15 is 0 Å². The second-order valence-corrected chi connectivity index (χ2v) is 9.28. The molecule has 0 amide bonds. The molecule has 0 spiro atoms. The molecular weight excluding hydrogens is 358 g/mol. The molecule has 2 saturated heterocycles. The third kappa shape index (κ3) is 3.36. The summed E-state index contributed by atoms with van der Waals surface area (Å²) in [4.78, 5) is 0. The number of rotatable bonds is 4. The Hall–Kier alpha value is -2.16. The van der Waals surface area contributed by atoms with Crippen LogP contribution < -0.4 is 5.32 Å². The average molecular weight is 386 g/mol. The van der Waals surface area contributed by atoms with E-state index in [0.29, 0.717) is 6.04 Å².